The molecule has 1 aliphatic carbocycles. The van der Waals surface area contributed by atoms with Gasteiger partial charge < -0.3 is 4.98 Å². The molecule has 0 bridgehead atoms. The fraction of sp³-hybridized carbons (Fsp3) is 0.652. The topological polar surface area (TPSA) is 15.8 Å². The molecule has 0 atom stereocenters. The first-order valence-corrected chi connectivity index (χ1v) is 10.4. The lowest BCUT2D eigenvalue weighted by atomic mass is 9.95. The number of H-pyrrole nitrogens is 1. The highest BCUT2D eigenvalue weighted by Gasteiger charge is 2.19. The van der Waals surface area contributed by atoms with Crippen molar-refractivity contribution in [2.24, 2.45) is 0 Å². The van der Waals surface area contributed by atoms with Crippen LogP contribution in [0.15, 0.2) is 12.1 Å². The van der Waals surface area contributed by atoms with Crippen LogP contribution in [0.5, 0.6) is 0 Å². The van der Waals surface area contributed by atoms with Crippen LogP contribution in [0.2, 0.25) is 0 Å². The van der Waals surface area contributed by atoms with Gasteiger partial charge in [-0.05, 0) is 61.8 Å². The molecule has 0 saturated heterocycles. The minimum Gasteiger partial charge on any atom is -0.358 e. The Morgan fingerprint density at radius 2 is 1.58 bits per heavy atom. The molecule has 0 saturated carbocycles. The number of nitrogens with one attached hydrogen (secondary N) is 1. The summed E-state index contributed by atoms with van der Waals surface area (Å²) in [5.74, 6) is 0. The zero-order chi connectivity index (χ0) is 16.8. The second kappa shape index (κ2) is 8.74. The molecule has 0 spiro atoms. The average molecular weight is 326 g/mol. The van der Waals surface area contributed by atoms with Crippen molar-refractivity contribution in [2.45, 2.75) is 97.3 Å². The van der Waals surface area contributed by atoms with Crippen LogP contribution in [0.4, 0.5) is 0 Å². The Kier molecular flexibility index (Phi) is 6.40. The van der Waals surface area contributed by atoms with Crippen LogP contribution in [0.1, 0.15) is 93.5 Å². The lowest BCUT2D eigenvalue weighted by Crippen LogP contribution is -1.93. The molecule has 1 aromatic carbocycles. The molecule has 0 aliphatic heterocycles. The van der Waals surface area contributed by atoms with Gasteiger partial charge in [0.15, 0.2) is 0 Å². The van der Waals surface area contributed by atoms with Crippen LogP contribution in [-0.2, 0) is 19.3 Å². The molecule has 1 aromatic heterocycles. The molecule has 132 valence electrons. The highest BCUT2D eigenvalue weighted by Crippen LogP contribution is 2.34. The highest BCUT2D eigenvalue weighted by molar-refractivity contribution is 5.89. The average Bonchev–Trinajstić information content (AvgIpc) is 3.16. The predicted molar refractivity (Wildman–Crippen MR) is 106 cm³/mol. The van der Waals surface area contributed by atoms with Crippen molar-refractivity contribution in [1.82, 2.24) is 4.98 Å². The van der Waals surface area contributed by atoms with Gasteiger partial charge in [0.25, 0.3) is 0 Å². The summed E-state index contributed by atoms with van der Waals surface area (Å²) < 4.78 is 0. The molecule has 3 rings (SSSR count). The maximum atomic E-state index is 3.68. The molecule has 2 aromatic rings. The normalized spacial score (nSPS) is 13.8. The van der Waals surface area contributed by atoms with Gasteiger partial charge in [-0.3, -0.25) is 0 Å². The molecule has 24 heavy (non-hydrogen) atoms. The third kappa shape index (κ3) is 4.05. The predicted octanol–water partition coefficient (Wildman–Crippen LogP) is 7.04. The Bertz CT molecular complexity index is 650. The van der Waals surface area contributed by atoms with Crippen LogP contribution >= 0.6 is 0 Å². The number of aromatic nitrogens is 1. The molecule has 0 unspecified atom stereocenters. The van der Waals surface area contributed by atoms with Crippen LogP contribution in [0.3, 0.4) is 0 Å². The Balaban J connectivity index is 1.50. The van der Waals surface area contributed by atoms with E-state index in [1.54, 1.807) is 16.5 Å². The first kappa shape index (κ1) is 17.6. The second-order valence-electron chi connectivity index (χ2n) is 7.80. The van der Waals surface area contributed by atoms with Crippen LogP contribution in [-0.4, -0.2) is 4.98 Å². The maximum absolute atomic E-state index is 3.68. The zero-order valence-electron chi connectivity index (χ0n) is 15.8. The van der Waals surface area contributed by atoms with E-state index in [1.807, 2.05) is 0 Å². The maximum Gasteiger partial charge on any atom is 0.0461 e. The van der Waals surface area contributed by atoms with Gasteiger partial charge >= 0.3 is 0 Å². The molecule has 1 N–H and O–H groups in total. The second-order valence-corrected chi connectivity index (χ2v) is 7.80. The van der Waals surface area contributed by atoms with E-state index < -0.39 is 0 Å². The highest BCUT2D eigenvalue weighted by atomic mass is 14.7. The molecule has 1 heteroatoms. The van der Waals surface area contributed by atoms with Crippen molar-refractivity contribution in [2.75, 3.05) is 0 Å². The molecular formula is C23H35N. The van der Waals surface area contributed by atoms with Crippen LogP contribution in [0.25, 0.3) is 10.9 Å². The molecule has 1 nitrogen and oxygen atoms in total. The van der Waals surface area contributed by atoms with Gasteiger partial charge in [0.2, 0.25) is 0 Å². The molecule has 1 heterocycles. The number of benzene rings is 1. The molecule has 0 radical (unpaired) electrons. The minimum atomic E-state index is 1.25. The number of aryl methyl sites for hydroxylation is 4. The largest absolute Gasteiger partial charge is 0.358 e. The Hall–Kier alpha value is -1.24. The Morgan fingerprint density at radius 3 is 2.33 bits per heavy atom. The number of aromatic amines is 1. The van der Waals surface area contributed by atoms with E-state index in [2.05, 4.69) is 31.0 Å². The Morgan fingerprint density at radius 1 is 0.875 bits per heavy atom. The summed E-state index contributed by atoms with van der Waals surface area (Å²) in [6.45, 7) is 4.60. The van der Waals surface area contributed by atoms with E-state index >= 15 is 0 Å². The molecular weight excluding hydrogens is 290 g/mol. The quantitative estimate of drug-likeness (QED) is 0.451. The van der Waals surface area contributed by atoms with Gasteiger partial charge in [-0.25, -0.2) is 0 Å². The molecule has 1 aliphatic rings. The standard InChI is InChI=1S/C23H35N/c1-3-4-5-6-7-8-9-10-11-13-19-18(2)16-17-22-23(19)20-14-12-15-21(20)24-22/h16-17,24H,3-15H2,1-2H3. The number of fused-ring (bicyclic) bond motifs is 3. The summed E-state index contributed by atoms with van der Waals surface area (Å²) in [5, 5.41) is 1.59. The van der Waals surface area contributed by atoms with Crippen molar-refractivity contribution in [3.05, 3.63) is 34.5 Å². The van der Waals surface area contributed by atoms with Crippen molar-refractivity contribution >= 4 is 10.9 Å². The first-order chi connectivity index (χ1) is 11.8. The third-order valence-electron chi connectivity index (χ3n) is 5.88. The summed E-state index contributed by atoms with van der Waals surface area (Å²) in [4.78, 5) is 3.68. The van der Waals surface area contributed by atoms with Gasteiger partial charge in [-0.1, -0.05) is 64.4 Å². The van der Waals surface area contributed by atoms with Gasteiger partial charge in [-0.15, -0.1) is 0 Å². The van der Waals surface area contributed by atoms with E-state index in [0.717, 1.165) is 0 Å². The summed E-state index contributed by atoms with van der Waals surface area (Å²) in [5.41, 5.74) is 7.67. The van der Waals surface area contributed by atoms with Crippen LogP contribution in [0, 0.1) is 6.92 Å². The van der Waals surface area contributed by atoms with E-state index in [-0.39, 0.29) is 0 Å². The van der Waals surface area contributed by atoms with Crippen molar-refractivity contribution in [3.63, 3.8) is 0 Å². The summed E-state index contributed by atoms with van der Waals surface area (Å²) in [7, 11) is 0. The monoisotopic (exact) mass is 325 g/mol. The SMILES string of the molecule is CCCCCCCCCCCc1c(C)ccc2[nH]c3c(c12)CCC3. The third-order valence-corrected chi connectivity index (χ3v) is 5.88. The molecule has 0 amide bonds. The van der Waals surface area contributed by atoms with Gasteiger partial charge in [0.1, 0.15) is 0 Å². The van der Waals surface area contributed by atoms with Gasteiger partial charge in [0.05, 0.1) is 0 Å². The van der Waals surface area contributed by atoms with E-state index in [0.29, 0.717) is 0 Å². The van der Waals surface area contributed by atoms with E-state index in [9.17, 15) is 0 Å². The minimum absolute atomic E-state index is 1.25. The molecule has 0 fully saturated rings. The zero-order valence-corrected chi connectivity index (χ0v) is 15.8. The fourth-order valence-electron chi connectivity index (χ4n) is 4.46. The lowest BCUT2D eigenvalue weighted by Gasteiger charge is -2.10. The number of rotatable bonds is 10. The fourth-order valence-corrected chi connectivity index (χ4v) is 4.46. The van der Waals surface area contributed by atoms with Crippen molar-refractivity contribution in [3.8, 4) is 0 Å². The van der Waals surface area contributed by atoms with Gasteiger partial charge in [0, 0.05) is 16.6 Å². The first-order valence-electron chi connectivity index (χ1n) is 10.4. The van der Waals surface area contributed by atoms with Crippen molar-refractivity contribution < 1.29 is 0 Å². The van der Waals surface area contributed by atoms with E-state index in [4.69, 9.17) is 0 Å². The summed E-state index contributed by atoms with van der Waals surface area (Å²) in [6.07, 6.45) is 17.9. The lowest BCUT2D eigenvalue weighted by molar-refractivity contribution is 0.565. The Labute approximate surface area is 148 Å². The summed E-state index contributed by atoms with van der Waals surface area (Å²) >= 11 is 0. The number of hydrogen-bond donors (Lipinski definition) is 1. The van der Waals surface area contributed by atoms with Crippen molar-refractivity contribution in [1.29, 1.82) is 0 Å². The summed E-state index contributed by atoms with van der Waals surface area (Å²) in [6, 6.07) is 4.61. The number of hydrogen-bond acceptors (Lipinski definition) is 0. The van der Waals surface area contributed by atoms with Crippen LogP contribution < -0.4 is 0 Å². The van der Waals surface area contributed by atoms with E-state index in [1.165, 1.54) is 100 Å². The smallest absolute Gasteiger partial charge is 0.0461 e. The number of unbranched alkanes of at least 4 members (excludes halogenated alkanes) is 8. The van der Waals surface area contributed by atoms with Gasteiger partial charge in [-0.2, -0.15) is 0 Å².